The van der Waals surface area contributed by atoms with Gasteiger partial charge in [-0.15, -0.1) is 0 Å². The highest BCUT2D eigenvalue weighted by Gasteiger charge is 2.35. The number of rotatable bonds is 3. The number of aliphatic hydroxyl groups excluding tert-OH is 2. The summed E-state index contributed by atoms with van der Waals surface area (Å²) in [7, 11) is 0. The lowest BCUT2D eigenvalue weighted by Gasteiger charge is -2.17. The van der Waals surface area contributed by atoms with Gasteiger partial charge in [-0.1, -0.05) is 0 Å². The smallest absolute Gasteiger partial charge is 0.351 e. The van der Waals surface area contributed by atoms with Crippen molar-refractivity contribution in [2.45, 2.75) is 24.9 Å². The molecule has 1 aliphatic heterocycles. The summed E-state index contributed by atoms with van der Waals surface area (Å²) in [6.07, 6.45) is -1.87. The molecule has 4 N–H and O–H groups in total. The normalized spacial score (nSPS) is 27.4. The van der Waals surface area contributed by atoms with Gasteiger partial charge in [0.25, 0.3) is 0 Å². The third kappa shape index (κ3) is 2.20. The molecule has 9 heteroatoms. The predicted octanol–water partition coefficient (Wildman–Crippen LogP) is -1.18. The number of anilines is 1. The average molecular weight is 261 g/mol. The third-order valence-electron chi connectivity index (χ3n) is 2.66. The van der Waals surface area contributed by atoms with Crippen molar-refractivity contribution in [1.29, 1.82) is 0 Å². The number of aromatic nitrogens is 2. The summed E-state index contributed by atoms with van der Waals surface area (Å²) in [5, 5.41) is 27.1. The minimum absolute atomic E-state index is 0.134. The van der Waals surface area contributed by atoms with E-state index in [0.717, 1.165) is 10.8 Å². The quantitative estimate of drug-likeness (QED) is 0.506. The average Bonchev–Trinajstić information content (AvgIpc) is 2.73. The summed E-state index contributed by atoms with van der Waals surface area (Å²) in [6, 6.07) is 0. The lowest BCUT2D eigenvalue weighted by molar-refractivity contribution is -0.0534. The summed E-state index contributed by atoms with van der Waals surface area (Å²) in [6.45, 7) is -0.311. The van der Waals surface area contributed by atoms with E-state index in [-0.39, 0.29) is 13.0 Å². The van der Waals surface area contributed by atoms with E-state index >= 15 is 0 Å². The van der Waals surface area contributed by atoms with E-state index < -0.39 is 35.8 Å². The highest BCUT2D eigenvalue weighted by molar-refractivity contribution is 5.30. The van der Waals surface area contributed by atoms with Crippen LogP contribution in [-0.4, -0.2) is 43.8 Å². The summed E-state index contributed by atoms with van der Waals surface area (Å²) in [5.74, 6) is -1.58. The first-order valence-electron chi connectivity index (χ1n) is 5.20. The Morgan fingerprint density at radius 3 is 2.94 bits per heavy atom. The summed E-state index contributed by atoms with van der Waals surface area (Å²) >= 11 is 0. The van der Waals surface area contributed by atoms with Gasteiger partial charge >= 0.3 is 5.69 Å². The molecule has 0 unspecified atom stereocenters. The van der Waals surface area contributed by atoms with Crippen molar-refractivity contribution in [3.8, 4) is 0 Å². The number of ether oxygens (including phenoxy) is 1. The highest BCUT2D eigenvalue weighted by atomic mass is 19.1. The SMILES string of the molecule is O=c1nc(NO)c(F)cn1[C@@H]1O[C@H](CO)C[C@H]1O. The molecule has 18 heavy (non-hydrogen) atoms. The molecule has 0 saturated carbocycles. The molecule has 8 nitrogen and oxygen atoms in total. The van der Waals surface area contributed by atoms with Gasteiger partial charge in [0.05, 0.1) is 18.9 Å². The molecular weight excluding hydrogens is 249 g/mol. The van der Waals surface area contributed by atoms with Crippen molar-refractivity contribution in [2.75, 3.05) is 12.1 Å². The van der Waals surface area contributed by atoms with Gasteiger partial charge in [-0.05, 0) is 0 Å². The lowest BCUT2D eigenvalue weighted by Crippen LogP contribution is -2.32. The van der Waals surface area contributed by atoms with Gasteiger partial charge in [0, 0.05) is 6.42 Å². The Labute approximate surface area is 100 Å². The second kappa shape index (κ2) is 4.98. The van der Waals surface area contributed by atoms with E-state index in [0.29, 0.717) is 0 Å². The van der Waals surface area contributed by atoms with Crippen molar-refractivity contribution in [2.24, 2.45) is 0 Å². The highest BCUT2D eigenvalue weighted by Crippen LogP contribution is 2.27. The Kier molecular flexibility index (Phi) is 3.57. The van der Waals surface area contributed by atoms with Crippen LogP contribution >= 0.6 is 0 Å². The fourth-order valence-electron chi connectivity index (χ4n) is 1.80. The molecule has 3 atom stereocenters. The first kappa shape index (κ1) is 12.9. The fraction of sp³-hybridized carbons (Fsp3) is 0.556. The number of hydrogen-bond donors (Lipinski definition) is 4. The van der Waals surface area contributed by atoms with Gasteiger partial charge < -0.3 is 14.9 Å². The first-order chi connectivity index (χ1) is 8.56. The number of hydrogen-bond acceptors (Lipinski definition) is 7. The van der Waals surface area contributed by atoms with E-state index in [1.165, 1.54) is 5.48 Å². The summed E-state index contributed by atoms with van der Waals surface area (Å²) in [5.41, 5.74) is 0.549. The van der Waals surface area contributed by atoms with E-state index in [1.807, 2.05) is 0 Å². The number of aliphatic hydroxyl groups is 2. The molecule has 2 heterocycles. The minimum atomic E-state index is -1.11. The van der Waals surface area contributed by atoms with Crippen molar-refractivity contribution < 1.29 is 24.5 Å². The molecule has 2 rings (SSSR count). The molecule has 1 aliphatic rings. The van der Waals surface area contributed by atoms with Crippen LogP contribution in [-0.2, 0) is 4.74 Å². The molecule has 1 saturated heterocycles. The maximum Gasteiger partial charge on any atom is 0.351 e. The molecule has 0 bridgehead atoms. The van der Waals surface area contributed by atoms with Gasteiger partial charge in [0.15, 0.2) is 17.9 Å². The first-order valence-corrected chi connectivity index (χ1v) is 5.20. The third-order valence-corrected chi connectivity index (χ3v) is 2.66. The van der Waals surface area contributed by atoms with Crippen LogP contribution in [0.15, 0.2) is 11.0 Å². The van der Waals surface area contributed by atoms with Crippen LogP contribution in [0.3, 0.4) is 0 Å². The van der Waals surface area contributed by atoms with E-state index in [1.54, 1.807) is 0 Å². The molecule has 1 fully saturated rings. The molecular formula is C9H12FN3O5. The Morgan fingerprint density at radius 1 is 1.67 bits per heavy atom. The van der Waals surface area contributed by atoms with E-state index in [9.17, 15) is 14.3 Å². The zero-order chi connectivity index (χ0) is 13.3. The molecule has 100 valence electrons. The van der Waals surface area contributed by atoms with Crippen molar-refractivity contribution in [3.63, 3.8) is 0 Å². The largest absolute Gasteiger partial charge is 0.394 e. The second-order valence-electron chi connectivity index (χ2n) is 3.87. The van der Waals surface area contributed by atoms with E-state index in [4.69, 9.17) is 15.1 Å². The molecule has 0 radical (unpaired) electrons. The molecule has 0 amide bonds. The van der Waals surface area contributed by atoms with Crippen molar-refractivity contribution in [3.05, 3.63) is 22.5 Å². The molecule has 0 aromatic carbocycles. The predicted molar refractivity (Wildman–Crippen MR) is 55.5 cm³/mol. The monoisotopic (exact) mass is 261 g/mol. The van der Waals surface area contributed by atoms with Gasteiger partial charge in [-0.2, -0.15) is 4.98 Å². The van der Waals surface area contributed by atoms with Gasteiger partial charge in [-0.3, -0.25) is 9.77 Å². The van der Waals surface area contributed by atoms with Crippen LogP contribution in [0.25, 0.3) is 0 Å². The van der Waals surface area contributed by atoms with Crippen LogP contribution in [0.2, 0.25) is 0 Å². The van der Waals surface area contributed by atoms with Crippen molar-refractivity contribution >= 4 is 5.82 Å². The van der Waals surface area contributed by atoms with Crippen LogP contribution in [0.4, 0.5) is 10.2 Å². The van der Waals surface area contributed by atoms with Crippen LogP contribution in [0.5, 0.6) is 0 Å². The van der Waals surface area contributed by atoms with Crippen LogP contribution in [0, 0.1) is 5.82 Å². The van der Waals surface area contributed by atoms with Crippen LogP contribution in [0.1, 0.15) is 12.6 Å². The van der Waals surface area contributed by atoms with E-state index in [2.05, 4.69) is 4.98 Å². The maximum absolute atomic E-state index is 13.4. The second-order valence-corrected chi connectivity index (χ2v) is 3.87. The summed E-state index contributed by atoms with van der Waals surface area (Å²) in [4.78, 5) is 14.8. The maximum atomic E-state index is 13.4. The van der Waals surface area contributed by atoms with Gasteiger partial charge in [0.1, 0.15) is 6.10 Å². The minimum Gasteiger partial charge on any atom is -0.394 e. The van der Waals surface area contributed by atoms with Gasteiger partial charge in [-0.25, -0.2) is 14.7 Å². The zero-order valence-corrected chi connectivity index (χ0v) is 9.15. The number of nitrogens with zero attached hydrogens (tertiary/aromatic N) is 2. The Morgan fingerprint density at radius 2 is 2.39 bits per heavy atom. The topological polar surface area (TPSA) is 117 Å². The number of nitrogens with one attached hydrogen (secondary N) is 1. The Hall–Kier alpha value is -1.55. The molecule has 1 aromatic heterocycles. The van der Waals surface area contributed by atoms with Gasteiger partial charge in [0.2, 0.25) is 0 Å². The molecule has 0 spiro atoms. The zero-order valence-electron chi connectivity index (χ0n) is 9.15. The molecule has 0 aliphatic carbocycles. The Bertz CT molecular complexity index is 494. The fourth-order valence-corrected chi connectivity index (χ4v) is 1.80. The number of halogens is 1. The van der Waals surface area contributed by atoms with Crippen molar-refractivity contribution in [1.82, 2.24) is 9.55 Å². The standard InChI is InChI=1S/C9H12FN3O5/c10-5-2-13(9(16)11-7(5)12-17)8-6(15)1-4(3-14)18-8/h2,4,6,8,14-15,17H,1,3H2,(H,11,12,16)/t4-,6+,8+/m0/s1. The van der Waals surface area contributed by atoms with Crippen LogP contribution < -0.4 is 11.2 Å². The lowest BCUT2D eigenvalue weighted by atomic mass is 10.2. The molecule has 1 aromatic rings. The Balaban J connectivity index is 2.34. The summed E-state index contributed by atoms with van der Waals surface area (Å²) < 4.78 is 19.3.